The number of hydrogen-bond acceptors (Lipinski definition) is 4. The van der Waals surface area contributed by atoms with Crippen molar-refractivity contribution in [1.29, 1.82) is 0 Å². The Hall–Kier alpha value is -3.29. The van der Waals surface area contributed by atoms with Crippen molar-refractivity contribution in [2.45, 2.75) is 19.5 Å². The number of aromatic nitrogens is 3. The average molecular weight is 370 g/mol. The molecule has 2 aromatic carbocycles. The second-order valence-electron chi connectivity index (χ2n) is 6.06. The first-order chi connectivity index (χ1) is 13.1. The fourth-order valence-electron chi connectivity index (χ4n) is 3.19. The van der Waals surface area contributed by atoms with Crippen LogP contribution >= 0.6 is 0 Å². The Balaban J connectivity index is 1.68. The van der Waals surface area contributed by atoms with Gasteiger partial charge in [0.2, 0.25) is 0 Å². The van der Waals surface area contributed by atoms with E-state index >= 15 is 0 Å². The maximum Gasteiger partial charge on any atom is 0.387 e. The summed E-state index contributed by atoms with van der Waals surface area (Å²) in [6.45, 7) is -2.57. The smallest absolute Gasteiger partial charge is 0.387 e. The van der Waals surface area contributed by atoms with E-state index in [0.29, 0.717) is 18.7 Å². The summed E-state index contributed by atoms with van der Waals surface area (Å²) in [6, 6.07) is 14.1. The molecule has 0 saturated heterocycles. The van der Waals surface area contributed by atoms with E-state index in [1.54, 1.807) is 6.07 Å². The predicted octanol–water partition coefficient (Wildman–Crippen LogP) is 3.46. The van der Waals surface area contributed by atoms with Gasteiger partial charge in [-0.05, 0) is 36.6 Å². The molecule has 0 bridgehead atoms. The Bertz CT molecular complexity index is 959. The number of anilines is 1. The molecule has 1 aromatic heterocycles. The summed E-state index contributed by atoms with van der Waals surface area (Å²) in [6.07, 6.45) is 2.79. The number of hydrogen-bond donors (Lipinski definition) is 0. The third-order valence-corrected chi connectivity index (χ3v) is 4.34. The predicted molar refractivity (Wildman–Crippen MR) is 94.4 cm³/mol. The van der Waals surface area contributed by atoms with Crippen LogP contribution in [0.5, 0.6) is 5.75 Å². The highest BCUT2D eigenvalue weighted by Crippen LogP contribution is 2.37. The Morgan fingerprint density at radius 3 is 2.70 bits per heavy atom. The van der Waals surface area contributed by atoms with Crippen molar-refractivity contribution in [2.24, 2.45) is 0 Å². The molecule has 4 rings (SSSR count). The number of ether oxygens (including phenoxy) is 1. The molecule has 8 heteroatoms. The van der Waals surface area contributed by atoms with Crippen LogP contribution in [0.15, 0.2) is 54.7 Å². The Morgan fingerprint density at radius 2 is 1.93 bits per heavy atom. The first-order valence-corrected chi connectivity index (χ1v) is 8.50. The van der Waals surface area contributed by atoms with Crippen molar-refractivity contribution in [3.05, 3.63) is 66.0 Å². The molecule has 0 atom stereocenters. The maximum atomic E-state index is 13.0. The second kappa shape index (κ2) is 7.14. The summed E-state index contributed by atoms with van der Waals surface area (Å²) in [5.74, 6) is -0.408. The molecule has 0 N–H and O–H groups in total. The lowest BCUT2D eigenvalue weighted by molar-refractivity contribution is -0.0495. The Labute approximate surface area is 154 Å². The van der Waals surface area contributed by atoms with Crippen molar-refractivity contribution in [3.63, 3.8) is 0 Å². The fourth-order valence-corrected chi connectivity index (χ4v) is 3.19. The van der Waals surface area contributed by atoms with Gasteiger partial charge >= 0.3 is 6.61 Å². The van der Waals surface area contributed by atoms with Crippen LogP contribution in [-0.2, 0) is 6.42 Å². The van der Waals surface area contributed by atoms with Crippen LogP contribution in [0.4, 0.5) is 14.5 Å². The molecule has 0 unspecified atom stereocenters. The molecule has 1 amide bonds. The molecular formula is C19H16F2N4O2. The molecular weight excluding hydrogens is 354 g/mol. The molecule has 0 aliphatic carbocycles. The maximum absolute atomic E-state index is 13.0. The summed E-state index contributed by atoms with van der Waals surface area (Å²) >= 11 is 0. The van der Waals surface area contributed by atoms with E-state index in [1.165, 1.54) is 22.0 Å². The molecule has 27 heavy (non-hydrogen) atoms. The van der Waals surface area contributed by atoms with Gasteiger partial charge in [-0.15, -0.1) is 5.10 Å². The van der Waals surface area contributed by atoms with Crippen molar-refractivity contribution in [3.8, 4) is 11.4 Å². The Kier molecular flexibility index (Phi) is 4.53. The van der Waals surface area contributed by atoms with E-state index in [-0.39, 0.29) is 11.4 Å². The molecule has 3 aromatic rings. The van der Waals surface area contributed by atoms with Gasteiger partial charge in [-0.3, -0.25) is 4.79 Å². The summed E-state index contributed by atoms with van der Waals surface area (Å²) in [5.41, 5.74) is 2.03. The van der Waals surface area contributed by atoms with Crippen LogP contribution in [0.3, 0.4) is 0 Å². The molecule has 0 radical (unpaired) electrons. The zero-order valence-corrected chi connectivity index (χ0v) is 14.3. The van der Waals surface area contributed by atoms with Crippen LogP contribution in [0.25, 0.3) is 5.69 Å². The van der Waals surface area contributed by atoms with Crippen molar-refractivity contribution < 1.29 is 18.3 Å². The standard InChI is InChI=1S/C19H16F2N4O2/c20-19(21)27-16-10-4-6-13-7-5-11-24(17(13)16)18(26)15-12-22-25(23-15)14-8-2-1-3-9-14/h1-4,6,8-10,12,19H,5,7,11H2. The molecule has 0 saturated carbocycles. The van der Waals surface area contributed by atoms with Crippen molar-refractivity contribution in [2.75, 3.05) is 11.4 Å². The van der Waals surface area contributed by atoms with Gasteiger partial charge in [-0.25, -0.2) is 0 Å². The van der Waals surface area contributed by atoms with Crippen molar-refractivity contribution in [1.82, 2.24) is 15.0 Å². The van der Waals surface area contributed by atoms with Gasteiger partial charge in [0.25, 0.3) is 5.91 Å². The number of fused-ring (bicyclic) bond motifs is 1. The largest absolute Gasteiger partial charge is 0.433 e. The molecule has 1 aliphatic rings. The fraction of sp³-hybridized carbons (Fsp3) is 0.211. The summed E-state index contributed by atoms with van der Waals surface area (Å²) in [4.78, 5) is 15.8. The zero-order chi connectivity index (χ0) is 18.8. The number of aryl methyl sites for hydroxylation is 1. The molecule has 138 valence electrons. The number of carbonyl (C=O) groups is 1. The third-order valence-electron chi connectivity index (χ3n) is 4.34. The van der Waals surface area contributed by atoms with E-state index in [4.69, 9.17) is 0 Å². The third kappa shape index (κ3) is 3.38. The van der Waals surface area contributed by atoms with Crippen LogP contribution in [-0.4, -0.2) is 34.1 Å². The monoisotopic (exact) mass is 370 g/mol. The zero-order valence-electron chi connectivity index (χ0n) is 14.3. The van der Waals surface area contributed by atoms with Crippen LogP contribution in [0.2, 0.25) is 0 Å². The van der Waals surface area contributed by atoms with Crippen LogP contribution < -0.4 is 9.64 Å². The number of benzene rings is 2. The van der Waals surface area contributed by atoms with Gasteiger partial charge < -0.3 is 9.64 Å². The highest BCUT2D eigenvalue weighted by Gasteiger charge is 2.29. The van der Waals surface area contributed by atoms with Gasteiger partial charge in [-0.1, -0.05) is 30.3 Å². The number of amides is 1. The summed E-state index contributed by atoms with van der Waals surface area (Å²) in [7, 11) is 0. The van der Waals surface area contributed by atoms with E-state index in [1.807, 2.05) is 36.4 Å². The van der Waals surface area contributed by atoms with Crippen LogP contribution in [0.1, 0.15) is 22.5 Å². The minimum absolute atomic E-state index is 0.00833. The molecule has 2 heterocycles. The summed E-state index contributed by atoms with van der Waals surface area (Å²) < 4.78 is 30.2. The van der Waals surface area contributed by atoms with E-state index in [2.05, 4.69) is 14.9 Å². The summed E-state index contributed by atoms with van der Waals surface area (Å²) in [5, 5.41) is 8.38. The van der Waals surface area contributed by atoms with E-state index in [9.17, 15) is 13.6 Å². The first kappa shape index (κ1) is 17.1. The number of carbonyl (C=O) groups excluding carboxylic acids is 1. The highest BCUT2D eigenvalue weighted by atomic mass is 19.3. The van der Waals surface area contributed by atoms with Gasteiger partial charge in [0.05, 0.1) is 17.6 Å². The van der Waals surface area contributed by atoms with Gasteiger partial charge in [0, 0.05) is 6.54 Å². The first-order valence-electron chi connectivity index (χ1n) is 8.50. The highest BCUT2D eigenvalue weighted by molar-refractivity contribution is 6.06. The quantitative estimate of drug-likeness (QED) is 0.706. The molecule has 1 aliphatic heterocycles. The van der Waals surface area contributed by atoms with Gasteiger partial charge in [-0.2, -0.15) is 18.7 Å². The van der Waals surface area contributed by atoms with E-state index in [0.717, 1.165) is 17.7 Å². The topological polar surface area (TPSA) is 60.2 Å². The average Bonchev–Trinajstić information content (AvgIpc) is 3.18. The number of para-hydroxylation sites is 2. The lowest BCUT2D eigenvalue weighted by Gasteiger charge is -2.30. The SMILES string of the molecule is O=C(c1cnn(-c2ccccc2)n1)N1CCCc2cccc(OC(F)F)c21. The minimum Gasteiger partial charge on any atom is -0.433 e. The lowest BCUT2D eigenvalue weighted by Crippen LogP contribution is -2.36. The molecule has 0 fully saturated rings. The molecule has 0 spiro atoms. The minimum atomic E-state index is -2.96. The van der Waals surface area contributed by atoms with Crippen molar-refractivity contribution >= 4 is 11.6 Å². The number of nitrogens with zero attached hydrogens (tertiary/aromatic N) is 4. The number of alkyl halides is 2. The number of rotatable bonds is 4. The molecule has 6 nitrogen and oxygen atoms in total. The Morgan fingerprint density at radius 1 is 1.11 bits per heavy atom. The normalized spacial score (nSPS) is 13.5. The lowest BCUT2D eigenvalue weighted by atomic mass is 10.0. The van der Waals surface area contributed by atoms with Gasteiger partial charge in [0.15, 0.2) is 5.69 Å². The van der Waals surface area contributed by atoms with E-state index < -0.39 is 12.5 Å². The van der Waals surface area contributed by atoms with Gasteiger partial charge in [0.1, 0.15) is 5.75 Å². The second-order valence-corrected chi connectivity index (χ2v) is 6.06. The number of halogens is 2. The van der Waals surface area contributed by atoms with Crippen LogP contribution in [0, 0.1) is 0 Å².